The van der Waals surface area contributed by atoms with E-state index in [2.05, 4.69) is 21.4 Å². The number of benzene rings is 1. The molecule has 0 spiro atoms. The average Bonchev–Trinajstić information content (AvgIpc) is 3.25. The van der Waals surface area contributed by atoms with Gasteiger partial charge in [-0.15, -0.1) is 0 Å². The molecule has 2 heterocycles. The molecule has 0 radical (unpaired) electrons. The molecule has 1 saturated carbocycles. The highest BCUT2D eigenvalue weighted by atomic mass is 32.2. The van der Waals surface area contributed by atoms with Gasteiger partial charge in [-0.2, -0.15) is 0 Å². The fourth-order valence-electron chi connectivity index (χ4n) is 3.51. The second kappa shape index (κ2) is 6.19. The van der Waals surface area contributed by atoms with Crippen LogP contribution in [-0.2, 0) is 9.84 Å². The van der Waals surface area contributed by atoms with E-state index in [9.17, 15) is 8.42 Å². The molecule has 0 saturated heterocycles. The quantitative estimate of drug-likeness (QED) is 0.742. The van der Waals surface area contributed by atoms with Crippen molar-refractivity contribution in [1.82, 2.24) is 9.97 Å². The van der Waals surface area contributed by atoms with E-state index in [0.29, 0.717) is 10.9 Å². The zero-order valence-corrected chi connectivity index (χ0v) is 14.9. The number of nitrogens with zero attached hydrogens (tertiary/aromatic N) is 1. The Morgan fingerprint density at radius 3 is 2.52 bits per heavy atom. The first kappa shape index (κ1) is 16.1. The second-order valence-electron chi connectivity index (χ2n) is 6.72. The van der Waals surface area contributed by atoms with Gasteiger partial charge < -0.3 is 10.3 Å². The summed E-state index contributed by atoms with van der Waals surface area (Å²) in [6.45, 7) is 0. The molecule has 25 heavy (non-hydrogen) atoms. The van der Waals surface area contributed by atoms with E-state index in [1.807, 2.05) is 24.4 Å². The molecule has 1 aliphatic rings. The Labute approximate surface area is 147 Å². The number of hydrogen-bond acceptors (Lipinski definition) is 4. The van der Waals surface area contributed by atoms with Crippen molar-refractivity contribution in [2.45, 2.75) is 36.6 Å². The number of fused-ring (bicyclic) bond motifs is 1. The van der Waals surface area contributed by atoms with Crippen LogP contribution in [0.1, 0.15) is 25.7 Å². The molecule has 0 unspecified atom stereocenters. The number of nitrogens with one attached hydrogen (secondary N) is 2. The summed E-state index contributed by atoms with van der Waals surface area (Å²) < 4.78 is 23.3. The summed E-state index contributed by atoms with van der Waals surface area (Å²) in [5.41, 5.74) is 2.87. The lowest BCUT2D eigenvalue weighted by molar-refractivity contribution is 0.602. The summed E-state index contributed by atoms with van der Waals surface area (Å²) in [5, 5.41) is 4.57. The zero-order valence-electron chi connectivity index (χ0n) is 14.1. The van der Waals surface area contributed by atoms with Gasteiger partial charge in [0.2, 0.25) is 0 Å². The molecule has 130 valence electrons. The van der Waals surface area contributed by atoms with Crippen molar-refractivity contribution in [2.75, 3.05) is 11.6 Å². The van der Waals surface area contributed by atoms with Gasteiger partial charge in [0.1, 0.15) is 11.5 Å². The van der Waals surface area contributed by atoms with Crippen LogP contribution < -0.4 is 5.32 Å². The van der Waals surface area contributed by atoms with Crippen LogP contribution in [0.2, 0.25) is 0 Å². The average molecular weight is 355 g/mol. The number of aromatic nitrogens is 2. The van der Waals surface area contributed by atoms with Gasteiger partial charge in [-0.1, -0.05) is 25.0 Å². The molecule has 1 aromatic carbocycles. The van der Waals surface area contributed by atoms with E-state index in [-0.39, 0.29) is 0 Å². The van der Waals surface area contributed by atoms with Crippen molar-refractivity contribution >= 4 is 26.7 Å². The largest absolute Gasteiger partial charge is 0.367 e. The normalized spacial score (nSPS) is 15.7. The molecule has 0 aliphatic heterocycles. The smallest absolute Gasteiger partial charge is 0.175 e. The van der Waals surface area contributed by atoms with E-state index in [1.165, 1.54) is 31.9 Å². The minimum Gasteiger partial charge on any atom is -0.367 e. The van der Waals surface area contributed by atoms with Crippen LogP contribution >= 0.6 is 0 Å². The summed E-state index contributed by atoms with van der Waals surface area (Å²) in [6.07, 6.45) is 8.00. The Bertz CT molecular complexity index is 1000. The number of aromatic amines is 1. The lowest BCUT2D eigenvalue weighted by Crippen LogP contribution is -2.15. The molecule has 2 N–H and O–H groups in total. The minimum atomic E-state index is -3.19. The summed E-state index contributed by atoms with van der Waals surface area (Å²) >= 11 is 0. The number of H-pyrrole nitrogens is 1. The van der Waals surface area contributed by atoms with Crippen molar-refractivity contribution in [2.24, 2.45) is 0 Å². The lowest BCUT2D eigenvalue weighted by Gasteiger charge is -2.14. The zero-order chi connectivity index (χ0) is 17.4. The van der Waals surface area contributed by atoms with Crippen LogP contribution in [0.25, 0.3) is 22.2 Å². The molecule has 0 amide bonds. The third-order valence-corrected chi connectivity index (χ3v) is 5.96. The lowest BCUT2D eigenvalue weighted by atomic mass is 10.0. The summed E-state index contributed by atoms with van der Waals surface area (Å²) in [4.78, 5) is 8.20. The molecule has 4 rings (SSSR count). The second-order valence-corrected chi connectivity index (χ2v) is 8.73. The first-order valence-electron chi connectivity index (χ1n) is 8.56. The Balaban J connectivity index is 1.76. The van der Waals surface area contributed by atoms with E-state index >= 15 is 0 Å². The monoisotopic (exact) mass is 355 g/mol. The molecule has 1 fully saturated rings. The molecule has 5 nitrogen and oxygen atoms in total. The van der Waals surface area contributed by atoms with E-state index in [1.54, 1.807) is 12.1 Å². The molecule has 3 aromatic rings. The van der Waals surface area contributed by atoms with Gasteiger partial charge in [0.05, 0.1) is 4.90 Å². The Kier molecular flexibility index (Phi) is 4.00. The molecular weight excluding hydrogens is 334 g/mol. The maximum Gasteiger partial charge on any atom is 0.175 e. The highest BCUT2D eigenvalue weighted by Gasteiger charge is 2.17. The van der Waals surface area contributed by atoms with E-state index in [0.717, 1.165) is 28.0 Å². The van der Waals surface area contributed by atoms with Crippen molar-refractivity contribution in [3.8, 4) is 11.1 Å². The number of sulfone groups is 1. The predicted molar refractivity (Wildman–Crippen MR) is 101 cm³/mol. The standard InChI is InChI=1S/C19H21N3O2S/c1-25(23,24)15-8-6-13(7-9-15)17-12-18(21-14-4-2-3-5-14)22-19-16(17)10-11-20-19/h6-12,14H,2-5H2,1H3,(H2,20,21,22). The molecule has 1 aliphatic carbocycles. The SMILES string of the molecule is CS(=O)(=O)c1ccc(-c2cc(NC3CCCC3)nc3[nH]ccc23)cc1. The van der Waals surface area contributed by atoms with Crippen LogP contribution in [0.5, 0.6) is 0 Å². The van der Waals surface area contributed by atoms with Gasteiger partial charge >= 0.3 is 0 Å². The van der Waals surface area contributed by atoms with Crippen LogP contribution in [0, 0.1) is 0 Å². The third kappa shape index (κ3) is 3.26. The van der Waals surface area contributed by atoms with E-state index in [4.69, 9.17) is 0 Å². The van der Waals surface area contributed by atoms with Gasteiger partial charge in [0.25, 0.3) is 0 Å². The van der Waals surface area contributed by atoms with Crippen molar-refractivity contribution in [3.63, 3.8) is 0 Å². The van der Waals surface area contributed by atoms with Gasteiger partial charge in [-0.3, -0.25) is 0 Å². The number of hydrogen-bond donors (Lipinski definition) is 2. The van der Waals surface area contributed by atoms with Gasteiger partial charge in [0, 0.05) is 23.9 Å². The van der Waals surface area contributed by atoms with Gasteiger partial charge in [0.15, 0.2) is 9.84 Å². The van der Waals surface area contributed by atoms with Crippen LogP contribution in [0.3, 0.4) is 0 Å². The first-order valence-corrected chi connectivity index (χ1v) is 10.4. The van der Waals surface area contributed by atoms with E-state index < -0.39 is 9.84 Å². The molecule has 2 aromatic heterocycles. The van der Waals surface area contributed by atoms with Gasteiger partial charge in [-0.25, -0.2) is 13.4 Å². The fourth-order valence-corrected chi connectivity index (χ4v) is 4.14. The van der Waals surface area contributed by atoms with Crippen LogP contribution in [0.4, 0.5) is 5.82 Å². The molecule has 6 heteroatoms. The highest BCUT2D eigenvalue weighted by molar-refractivity contribution is 7.90. The van der Waals surface area contributed by atoms with Gasteiger partial charge in [-0.05, 0) is 48.2 Å². The first-order chi connectivity index (χ1) is 12.0. The Morgan fingerprint density at radius 1 is 1.12 bits per heavy atom. The fraction of sp³-hybridized carbons (Fsp3) is 0.316. The van der Waals surface area contributed by atoms with Crippen molar-refractivity contribution in [3.05, 3.63) is 42.6 Å². The Morgan fingerprint density at radius 2 is 1.84 bits per heavy atom. The topological polar surface area (TPSA) is 74.8 Å². The van der Waals surface area contributed by atoms with Crippen LogP contribution in [0.15, 0.2) is 47.5 Å². The summed E-state index contributed by atoms with van der Waals surface area (Å²) in [7, 11) is -3.19. The van der Waals surface area contributed by atoms with Crippen molar-refractivity contribution < 1.29 is 8.42 Å². The highest BCUT2D eigenvalue weighted by Crippen LogP contribution is 2.31. The molecule has 0 bridgehead atoms. The third-order valence-electron chi connectivity index (χ3n) is 4.83. The number of pyridine rings is 1. The minimum absolute atomic E-state index is 0.333. The number of rotatable bonds is 4. The summed E-state index contributed by atoms with van der Waals surface area (Å²) in [6, 6.07) is 11.6. The predicted octanol–water partition coefficient (Wildman–Crippen LogP) is 3.99. The maximum atomic E-state index is 11.7. The number of anilines is 1. The molecular formula is C19H21N3O2S. The summed E-state index contributed by atoms with van der Waals surface area (Å²) in [5.74, 6) is 0.865. The molecule has 0 atom stereocenters. The Hall–Kier alpha value is -2.34. The van der Waals surface area contributed by atoms with Crippen LogP contribution in [-0.4, -0.2) is 30.7 Å². The van der Waals surface area contributed by atoms with Crippen molar-refractivity contribution in [1.29, 1.82) is 0 Å². The maximum absolute atomic E-state index is 11.7.